The molecule has 0 aliphatic heterocycles. The number of allylic oxidation sites excluding steroid dienone is 1. The third-order valence-corrected chi connectivity index (χ3v) is 1.18. The summed E-state index contributed by atoms with van der Waals surface area (Å²) in [7, 11) is 0. The second-order valence-electron chi connectivity index (χ2n) is 2.07. The highest BCUT2D eigenvalue weighted by Crippen LogP contribution is 1.82. The summed E-state index contributed by atoms with van der Waals surface area (Å²) in [4.78, 5) is 18.3. The minimum absolute atomic E-state index is 0.0273. The van der Waals surface area contributed by atoms with Gasteiger partial charge in [0, 0.05) is 12.7 Å². The smallest absolute Gasteiger partial charge is 0.289 e. The van der Waals surface area contributed by atoms with Crippen LogP contribution in [0, 0.1) is 0 Å². The first-order valence-electron chi connectivity index (χ1n) is 3.81. The van der Waals surface area contributed by atoms with Crippen LogP contribution in [0.1, 0.15) is 6.92 Å². The van der Waals surface area contributed by atoms with Gasteiger partial charge in [0.25, 0.3) is 5.91 Å². The first kappa shape index (κ1) is 11.3. The number of amidine groups is 1. The van der Waals surface area contributed by atoms with Gasteiger partial charge in [0.05, 0.1) is 0 Å². The first-order valence-corrected chi connectivity index (χ1v) is 3.81. The first-order chi connectivity index (χ1) is 6.26. The Bertz CT molecular complexity index is 254. The van der Waals surface area contributed by atoms with Crippen LogP contribution in [0.4, 0.5) is 0 Å². The van der Waals surface area contributed by atoms with E-state index in [0.29, 0.717) is 6.54 Å². The van der Waals surface area contributed by atoms with Gasteiger partial charge in [0.2, 0.25) is 5.84 Å². The van der Waals surface area contributed by atoms with Crippen LogP contribution in [0.15, 0.2) is 34.9 Å². The van der Waals surface area contributed by atoms with Gasteiger partial charge in [-0.15, -0.1) is 0 Å². The molecule has 0 spiro atoms. The molecule has 0 atom stereocenters. The van der Waals surface area contributed by atoms with Crippen LogP contribution in [-0.4, -0.2) is 25.0 Å². The quantitative estimate of drug-likeness (QED) is 0.391. The molecule has 1 N–H and O–H groups in total. The molecular weight excluding hydrogens is 166 g/mol. The Morgan fingerprint density at radius 1 is 1.62 bits per heavy atom. The molecule has 4 nitrogen and oxygen atoms in total. The molecule has 0 rings (SSSR count). The molecule has 0 saturated heterocycles. The number of hydrogen-bond acceptors (Lipinski definition) is 2. The van der Waals surface area contributed by atoms with Crippen LogP contribution < -0.4 is 5.32 Å². The molecule has 0 radical (unpaired) electrons. The van der Waals surface area contributed by atoms with Crippen LogP contribution in [0.25, 0.3) is 0 Å². The van der Waals surface area contributed by atoms with E-state index in [4.69, 9.17) is 0 Å². The van der Waals surface area contributed by atoms with E-state index in [0.717, 1.165) is 0 Å². The Morgan fingerprint density at radius 2 is 2.31 bits per heavy atom. The Morgan fingerprint density at radius 3 is 2.77 bits per heavy atom. The standard InChI is InChI=1S/C9H13N3O/c1-4-6-7-12-9(13)8(10-3)11-5-2/h4-6H,2-3,7H2,1H3,(H,12,13)/b6-4+,11-8?. The zero-order valence-electron chi connectivity index (χ0n) is 7.66. The number of nitrogens with one attached hydrogen (secondary N) is 1. The number of carbonyl (C=O) groups excluding carboxylic acids is 1. The van der Waals surface area contributed by atoms with Crippen molar-refractivity contribution in [2.75, 3.05) is 6.54 Å². The fraction of sp³-hybridized carbons (Fsp3) is 0.222. The van der Waals surface area contributed by atoms with Gasteiger partial charge in [-0.2, -0.15) is 0 Å². The molecule has 0 heterocycles. The van der Waals surface area contributed by atoms with E-state index < -0.39 is 0 Å². The summed E-state index contributed by atoms with van der Waals surface area (Å²) in [6, 6.07) is 0. The topological polar surface area (TPSA) is 53.8 Å². The molecule has 0 aliphatic carbocycles. The van der Waals surface area contributed by atoms with Crippen molar-refractivity contribution in [3.8, 4) is 0 Å². The van der Waals surface area contributed by atoms with E-state index in [1.165, 1.54) is 6.20 Å². The minimum Gasteiger partial charge on any atom is -0.346 e. The number of amides is 1. The van der Waals surface area contributed by atoms with Crippen LogP contribution in [-0.2, 0) is 4.79 Å². The van der Waals surface area contributed by atoms with Gasteiger partial charge in [-0.05, 0) is 13.6 Å². The Hall–Kier alpha value is -1.71. The van der Waals surface area contributed by atoms with Crippen LogP contribution in [0.2, 0.25) is 0 Å². The van der Waals surface area contributed by atoms with Crippen molar-refractivity contribution >= 4 is 18.5 Å². The van der Waals surface area contributed by atoms with E-state index in [1.807, 2.05) is 19.1 Å². The van der Waals surface area contributed by atoms with Crippen molar-refractivity contribution in [2.24, 2.45) is 9.98 Å². The number of carbonyl (C=O) groups is 1. The van der Waals surface area contributed by atoms with Gasteiger partial charge < -0.3 is 5.32 Å². The van der Waals surface area contributed by atoms with Gasteiger partial charge in [-0.3, -0.25) is 4.79 Å². The molecule has 0 bridgehead atoms. The zero-order chi connectivity index (χ0) is 10.1. The largest absolute Gasteiger partial charge is 0.346 e. The monoisotopic (exact) mass is 179 g/mol. The highest BCUT2D eigenvalue weighted by atomic mass is 16.2. The van der Waals surface area contributed by atoms with Crippen LogP contribution in [0.5, 0.6) is 0 Å². The Labute approximate surface area is 77.8 Å². The minimum atomic E-state index is -0.354. The van der Waals surface area contributed by atoms with Gasteiger partial charge in [0.15, 0.2) is 0 Å². The summed E-state index contributed by atoms with van der Waals surface area (Å²) in [6.07, 6.45) is 4.90. The van der Waals surface area contributed by atoms with E-state index in [1.54, 1.807) is 0 Å². The lowest BCUT2D eigenvalue weighted by Crippen LogP contribution is -2.29. The molecule has 0 aromatic carbocycles. The normalized spacial score (nSPS) is 11.3. The highest BCUT2D eigenvalue weighted by Gasteiger charge is 2.05. The summed E-state index contributed by atoms with van der Waals surface area (Å²) in [5, 5.41) is 2.58. The molecule has 4 heteroatoms. The predicted octanol–water partition coefficient (Wildman–Crippen LogP) is 0.921. The van der Waals surface area contributed by atoms with E-state index >= 15 is 0 Å². The summed E-state index contributed by atoms with van der Waals surface area (Å²) in [5.74, 6) is -0.326. The van der Waals surface area contributed by atoms with Crippen LogP contribution >= 0.6 is 0 Å². The average Bonchev–Trinajstić information content (AvgIpc) is 2.14. The third kappa shape index (κ3) is 4.68. The molecular formula is C9H13N3O. The molecule has 0 fully saturated rings. The van der Waals surface area contributed by atoms with E-state index in [2.05, 4.69) is 28.6 Å². The van der Waals surface area contributed by atoms with Gasteiger partial charge in [-0.1, -0.05) is 18.7 Å². The van der Waals surface area contributed by atoms with E-state index in [-0.39, 0.29) is 11.7 Å². The Balaban J connectivity index is 4.14. The van der Waals surface area contributed by atoms with Crippen molar-refractivity contribution in [1.29, 1.82) is 0 Å². The lowest BCUT2D eigenvalue weighted by atomic mass is 10.4. The molecule has 0 aliphatic rings. The second-order valence-corrected chi connectivity index (χ2v) is 2.07. The predicted molar refractivity (Wildman–Crippen MR) is 55.0 cm³/mol. The molecule has 70 valence electrons. The summed E-state index contributed by atoms with van der Waals surface area (Å²) < 4.78 is 0. The van der Waals surface area contributed by atoms with Crippen LogP contribution in [0.3, 0.4) is 0 Å². The maximum atomic E-state index is 11.2. The lowest BCUT2D eigenvalue weighted by molar-refractivity contribution is -0.114. The maximum Gasteiger partial charge on any atom is 0.289 e. The summed E-state index contributed by atoms with van der Waals surface area (Å²) >= 11 is 0. The number of rotatable bonds is 3. The lowest BCUT2D eigenvalue weighted by Gasteiger charge is -1.99. The van der Waals surface area contributed by atoms with E-state index in [9.17, 15) is 4.79 Å². The fourth-order valence-electron chi connectivity index (χ4n) is 0.606. The maximum absolute atomic E-state index is 11.2. The summed E-state index contributed by atoms with van der Waals surface area (Å²) in [6.45, 7) is 8.91. The molecule has 0 aromatic heterocycles. The number of hydrogen-bond donors (Lipinski definition) is 1. The molecule has 0 unspecified atom stereocenters. The molecule has 0 saturated carbocycles. The second kappa shape index (κ2) is 6.97. The van der Waals surface area contributed by atoms with Crippen molar-refractivity contribution in [2.45, 2.75) is 6.92 Å². The Kier molecular flexibility index (Phi) is 6.05. The molecule has 1 amide bonds. The average molecular weight is 179 g/mol. The fourth-order valence-corrected chi connectivity index (χ4v) is 0.606. The third-order valence-electron chi connectivity index (χ3n) is 1.18. The van der Waals surface area contributed by atoms with Crippen molar-refractivity contribution in [3.05, 3.63) is 24.9 Å². The number of nitrogens with zero attached hydrogens (tertiary/aromatic N) is 2. The van der Waals surface area contributed by atoms with Gasteiger partial charge in [-0.25, -0.2) is 9.98 Å². The highest BCUT2D eigenvalue weighted by molar-refractivity contribution is 6.39. The van der Waals surface area contributed by atoms with Gasteiger partial charge >= 0.3 is 0 Å². The zero-order valence-corrected chi connectivity index (χ0v) is 7.66. The van der Waals surface area contributed by atoms with Crippen molar-refractivity contribution in [3.63, 3.8) is 0 Å². The van der Waals surface area contributed by atoms with Crippen molar-refractivity contribution < 1.29 is 4.79 Å². The van der Waals surface area contributed by atoms with Crippen molar-refractivity contribution in [1.82, 2.24) is 5.32 Å². The van der Waals surface area contributed by atoms with Gasteiger partial charge in [0.1, 0.15) is 0 Å². The number of aliphatic imine (C=N–C) groups is 2. The molecule has 0 aromatic rings. The SMILES string of the molecule is C=CN=C(N=C)C(=O)NC/C=C/C. The molecule has 13 heavy (non-hydrogen) atoms. The summed E-state index contributed by atoms with van der Waals surface area (Å²) in [5.41, 5.74) is 0.